The Hall–Kier alpha value is -2.96. The average Bonchev–Trinajstić information content (AvgIpc) is 2.88. The van der Waals surface area contributed by atoms with Crippen molar-refractivity contribution in [1.29, 1.82) is 0 Å². The van der Waals surface area contributed by atoms with Crippen LogP contribution in [0.3, 0.4) is 0 Å². The topological polar surface area (TPSA) is 9.23 Å². The third kappa shape index (κ3) is 6.49. The third-order valence-corrected chi connectivity index (χ3v) is 7.12. The summed E-state index contributed by atoms with van der Waals surface area (Å²) in [4.78, 5) is 0. The van der Waals surface area contributed by atoms with Gasteiger partial charge in [0.25, 0.3) is 6.17 Å². The van der Waals surface area contributed by atoms with Gasteiger partial charge in [-0.25, -0.2) is 4.39 Å². The molecule has 1 atom stereocenters. The van der Waals surface area contributed by atoms with Crippen LogP contribution in [0.15, 0.2) is 72.8 Å². The minimum absolute atomic E-state index is 0.469. The quantitative estimate of drug-likeness (QED) is 0.269. The Labute approximate surface area is 213 Å². The fraction of sp³-hybridized carbons (Fsp3) is 0.400. The molecular weight excluding hydrogens is 490 g/mol. The van der Waals surface area contributed by atoms with E-state index in [2.05, 4.69) is 23.8 Å². The van der Waals surface area contributed by atoms with Crippen molar-refractivity contribution < 1.29 is 31.1 Å². The van der Waals surface area contributed by atoms with Crippen LogP contribution in [-0.2, 0) is 0 Å². The number of hydrogen-bond acceptors (Lipinski definition) is 1. The maximum absolute atomic E-state index is 13.8. The van der Waals surface area contributed by atoms with Crippen molar-refractivity contribution in [3.8, 4) is 28.0 Å². The van der Waals surface area contributed by atoms with E-state index >= 15 is 0 Å². The highest BCUT2D eigenvalue weighted by molar-refractivity contribution is 5.84. The summed E-state index contributed by atoms with van der Waals surface area (Å²) in [7, 11) is 0. The highest BCUT2D eigenvalue weighted by Crippen LogP contribution is 2.41. The van der Waals surface area contributed by atoms with Crippen LogP contribution in [0.25, 0.3) is 22.3 Å². The zero-order valence-electron chi connectivity index (χ0n) is 20.6. The molecule has 37 heavy (non-hydrogen) atoms. The molecule has 1 nitrogen and oxygen atoms in total. The average molecular weight is 521 g/mol. The predicted molar refractivity (Wildman–Crippen MR) is 133 cm³/mol. The minimum atomic E-state index is -5.74. The highest BCUT2D eigenvalue weighted by atomic mass is 19.4. The van der Waals surface area contributed by atoms with Gasteiger partial charge in [0.1, 0.15) is 5.75 Å². The summed E-state index contributed by atoms with van der Waals surface area (Å²) in [6.45, 7) is 2.22. The zero-order chi connectivity index (χ0) is 26.6. The molecular formula is C30H30F6O. The van der Waals surface area contributed by atoms with Crippen LogP contribution in [0.4, 0.5) is 26.3 Å². The SMILES string of the molecule is CCCC1CCC(c2cccc(-c3ccccc3-c3cccc(OC(F)(F)C(F)C(F)(F)F)c3)c2)CC1. The van der Waals surface area contributed by atoms with Crippen molar-refractivity contribution in [2.45, 2.75) is 69.8 Å². The Morgan fingerprint density at radius 2 is 1.38 bits per heavy atom. The first kappa shape index (κ1) is 27.1. The van der Waals surface area contributed by atoms with E-state index in [1.165, 1.54) is 43.4 Å². The molecule has 1 aliphatic rings. The van der Waals surface area contributed by atoms with Gasteiger partial charge >= 0.3 is 12.3 Å². The Bertz CT molecular complexity index is 1180. The molecule has 0 radical (unpaired) electrons. The normalized spacial score (nSPS) is 19.4. The van der Waals surface area contributed by atoms with Crippen LogP contribution in [0.2, 0.25) is 0 Å². The van der Waals surface area contributed by atoms with Crippen molar-refractivity contribution in [2.24, 2.45) is 5.92 Å². The van der Waals surface area contributed by atoms with Gasteiger partial charge in [-0.2, -0.15) is 22.0 Å². The van der Waals surface area contributed by atoms with E-state index < -0.39 is 24.2 Å². The summed E-state index contributed by atoms with van der Waals surface area (Å²) in [5.41, 5.74) is 4.25. The van der Waals surface area contributed by atoms with Gasteiger partial charge in [0.2, 0.25) is 0 Å². The predicted octanol–water partition coefficient (Wildman–Crippen LogP) is 9.97. The number of benzene rings is 3. The second kappa shape index (κ2) is 11.2. The molecule has 1 saturated carbocycles. The summed E-state index contributed by atoms with van der Waals surface area (Å²) in [6.07, 6.45) is -7.99. The molecule has 0 aromatic heterocycles. The van der Waals surface area contributed by atoms with Gasteiger partial charge in [0.15, 0.2) is 0 Å². The van der Waals surface area contributed by atoms with Crippen LogP contribution in [0.5, 0.6) is 5.75 Å². The number of rotatable bonds is 8. The van der Waals surface area contributed by atoms with Gasteiger partial charge in [-0.05, 0) is 77.5 Å². The van der Waals surface area contributed by atoms with Crippen molar-refractivity contribution >= 4 is 0 Å². The Morgan fingerprint density at radius 3 is 1.97 bits per heavy atom. The van der Waals surface area contributed by atoms with Crippen molar-refractivity contribution in [2.75, 3.05) is 0 Å². The largest absolute Gasteiger partial charge is 0.439 e. The second-order valence-electron chi connectivity index (χ2n) is 9.77. The van der Waals surface area contributed by atoms with Crippen molar-refractivity contribution in [3.05, 3.63) is 78.4 Å². The lowest BCUT2D eigenvalue weighted by Gasteiger charge is -2.29. The highest BCUT2D eigenvalue weighted by Gasteiger charge is 2.59. The van der Waals surface area contributed by atoms with Crippen LogP contribution in [0.1, 0.15) is 56.9 Å². The lowest BCUT2D eigenvalue weighted by Crippen LogP contribution is -2.45. The van der Waals surface area contributed by atoms with E-state index in [-0.39, 0.29) is 0 Å². The molecule has 0 spiro atoms. The minimum Gasteiger partial charge on any atom is -0.430 e. The van der Waals surface area contributed by atoms with Gasteiger partial charge in [-0.15, -0.1) is 0 Å². The number of alkyl halides is 6. The lowest BCUT2D eigenvalue weighted by atomic mass is 9.77. The van der Waals surface area contributed by atoms with Crippen molar-refractivity contribution in [3.63, 3.8) is 0 Å². The molecule has 3 aromatic rings. The first-order valence-electron chi connectivity index (χ1n) is 12.7. The zero-order valence-corrected chi connectivity index (χ0v) is 20.6. The molecule has 0 bridgehead atoms. The van der Waals surface area contributed by atoms with Crippen LogP contribution < -0.4 is 4.74 Å². The van der Waals surface area contributed by atoms with Gasteiger partial charge in [-0.1, -0.05) is 80.4 Å². The van der Waals surface area contributed by atoms with Gasteiger partial charge in [0.05, 0.1) is 0 Å². The van der Waals surface area contributed by atoms with E-state index in [0.717, 1.165) is 36.0 Å². The maximum atomic E-state index is 13.8. The van der Waals surface area contributed by atoms with E-state index in [4.69, 9.17) is 0 Å². The van der Waals surface area contributed by atoms with E-state index in [1.807, 2.05) is 30.3 Å². The molecule has 0 saturated heterocycles. The molecule has 1 unspecified atom stereocenters. The molecule has 1 aliphatic carbocycles. The summed E-state index contributed by atoms with van der Waals surface area (Å²) < 4.78 is 82.8. The Balaban J connectivity index is 1.60. The van der Waals surface area contributed by atoms with E-state index in [1.54, 1.807) is 12.1 Å². The fourth-order valence-electron chi connectivity index (χ4n) is 5.27. The summed E-state index contributed by atoms with van der Waals surface area (Å²) >= 11 is 0. The first-order valence-corrected chi connectivity index (χ1v) is 12.7. The number of hydrogen-bond donors (Lipinski definition) is 0. The Kier molecular flexibility index (Phi) is 8.20. The van der Waals surface area contributed by atoms with Gasteiger partial charge in [0, 0.05) is 0 Å². The number of halogens is 6. The molecule has 0 amide bonds. The van der Waals surface area contributed by atoms with Crippen molar-refractivity contribution in [1.82, 2.24) is 0 Å². The first-order chi connectivity index (χ1) is 17.6. The van der Waals surface area contributed by atoms with E-state index in [0.29, 0.717) is 17.0 Å². The summed E-state index contributed by atoms with van der Waals surface area (Å²) in [5, 5.41) is 0. The van der Waals surface area contributed by atoms with Crippen LogP contribution >= 0.6 is 0 Å². The summed E-state index contributed by atoms with van der Waals surface area (Å²) in [6, 6.07) is 21.0. The lowest BCUT2D eigenvalue weighted by molar-refractivity contribution is -0.304. The second-order valence-corrected chi connectivity index (χ2v) is 9.77. The molecule has 198 valence electrons. The van der Waals surface area contributed by atoms with Crippen LogP contribution in [0, 0.1) is 5.92 Å². The standard InChI is InChI=1S/C30H30F6O/c1-2-7-20-14-16-21(17-15-20)22-8-5-9-23(18-22)26-12-3-4-13-27(26)24-10-6-11-25(19-24)37-30(35,36)28(31)29(32,33)34/h3-6,8-13,18-21,28H,2,7,14-17H2,1H3. The maximum Gasteiger partial charge on any atom is 0.439 e. The fourth-order valence-corrected chi connectivity index (χ4v) is 5.27. The molecule has 4 rings (SSSR count). The summed E-state index contributed by atoms with van der Waals surface area (Å²) in [5.74, 6) is 0.735. The van der Waals surface area contributed by atoms with Crippen LogP contribution in [-0.4, -0.2) is 18.5 Å². The molecule has 1 fully saturated rings. The molecule has 0 aliphatic heterocycles. The number of ether oxygens (including phenoxy) is 1. The van der Waals surface area contributed by atoms with E-state index in [9.17, 15) is 26.3 Å². The molecule has 3 aromatic carbocycles. The molecule has 7 heteroatoms. The third-order valence-electron chi connectivity index (χ3n) is 7.12. The Morgan fingerprint density at radius 1 is 0.784 bits per heavy atom. The smallest absolute Gasteiger partial charge is 0.430 e. The van der Waals surface area contributed by atoms with Gasteiger partial charge in [-0.3, -0.25) is 0 Å². The molecule has 0 N–H and O–H groups in total. The monoisotopic (exact) mass is 520 g/mol. The molecule has 0 heterocycles. The van der Waals surface area contributed by atoms with Gasteiger partial charge < -0.3 is 4.74 Å².